The molecule has 4 aromatic carbocycles. The van der Waals surface area contributed by atoms with Crippen molar-refractivity contribution in [1.82, 2.24) is 4.98 Å². The van der Waals surface area contributed by atoms with E-state index < -0.39 is 5.41 Å². The number of aromatic nitrogens is 1. The number of pyridine rings is 1. The van der Waals surface area contributed by atoms with Gasteiger partial charge in [0.1, 0.15) is 5.41 Å². The maximum absolute atomic E-state index is 5.52. The molecule has 2 aliphatic heterocycles. The number of aryl methyl sites for hydroxylation is 2. The highest BCUT2D eigenvalue weighted by Crippen LogP contribution is 2.56. The van der Waals surface area contributed by atoms with Crippen LogP contribution in [-0.2, 0) is 18.3 Å². The lowest BCUT2D eigenvalue weighted by Gasteiger charge is -2.34. The van der Waals surface area contributed by atoms with Crippen molar-refractivity contribution in [3.8, 4) is 22.4 Å². The highest BCUT2D eigenvalue weighted by Gasteiger charge is 2.49. The minimum atomic E-state index is -0.579. The molecular formula is C37H28N2. The van der Waals surface area contributed by atoms with E-state index in [1.54, 1.807) is 0 Å². The monoisotopic (exact) mass is 500 g/mol. The summed E-state index contributed by atoms with van der Waals surface area (Å²) in [6.07, 6.45) is 6.27. The van der Waals surface area contributed by atoms with Crippen LogP contribution < -0.4 is 0 Å². The van der Waals surface area contributed by atoms with E-state index in [1.807, 2.05) is 0 Å². The number of fused-ring (bicyclic) bond motifs is 16. The summed E-state index contributed by atoms with van der Waals surface area (Å²) in [7, 11) is 0. The van der Waals surface area contributed by atoms with Crippen LogP contribution in [0.2, 0.25) is 0 Å². The van der Waals surface area contributed by atoms with Crippen LogP contribution in [0.3, 0.4) is 0 Å². The molecule has 0 unspecified atom stereocenters. The van der Waals surface area contributed by atoms with Crippen LogP contribution in [0.5, 0.6) is 0 Å². The Morgan fingerprint density at radius 3 is 1.95 bits per heavy atom. The molecule has 0 atom stereocenters. The lowest BCUT2D eigenvalue weighted by Crippen LogP contribution is -2.31. The van der Waals surface area contributed by atoms with Crippen molar-refractivity contribution in [2.24, 2.45) is 4.99 Å². The molecule has 1 aromatic heterocycles. The van der Waals surface area contributed by atoms with Gasteiger partial charge < -0.3 is 0 Å². The number of benzene rings is 4. The third-order valence-corrected chi connectivity index (χ3v) is 8.63. The number of allylic oxidation sites excluding steroid dienone is 2. The molecule has 3 aliphatic rings. The first-order chi connectivity index (χ1) is 19.3. The number of rotatable bonds is 0. The molecule has 1 aliphatic carbocycles. The van der Waals surface area contributed by atoms with E-state index in [0.29, 0.717) is 0 Å². The molecule has 0 fully saturated rings. The predicted octanol–water partition coefficient (Wildman–Crippen LogP) is 8.33. The number of nitrogens with zero attached hydrogens (tertiary/aromatic N) is 2. The van der Waals surface area contributed by atoms with Gasteiger partial charge in [0.2, 0.25) is 0 Å². The summed E-state index contributed by atoms with van der Waals surface area (Å²) in [6.45, 7) is 0. The van der Waals surface area contributed by atoms with Crippen molar-refractivity contribution in [3.05, 3.63) is 161 Å². The molecule has 1 spiro atoms. The SMILES string of the molecule is C1=C2N=C(CC1)c1cccc(c1)CCc1cccc(c1)-c1cccc(n1)C21c2ccccc2-c2ccccc21. The van der Waals surface area contributed by atoms with Crippen molar-refractivity contribution in [3.63, 3.8) is 0 Å². The Balaban J connectivity index is 1.49. The molecule has 5 aromatic rings. The van der Waals surface area contributed by atoms with E-state index in [0.717, 1.165) is 48.3 Å². The molecule has 2 heteroatoms. The van der Waals surface area contributed by atoms with E-state index in [9.17, 15) is 0 Å². The van der Waals surface area contributed by atoms with Crippen LogP contribution in [0.25, 0.3) is 22.4 Å². The Labute approximate surface area is 229 Å². The summed E-state index contributed by atoms with van der Waals surface area (Å²) in [4.78, 5) is 11.0. The molecule has 8 bridgehead atoms. The summed E-state index contributed by atoms with van der Waals surface area (Å²) in [5.41, 5.74) is 13.9. The highest BCUT2D eigenvalue weighted by molar-refractivity contribution is 6.02. The van der Waals surface area contributed by atoms with Gasteiger partial charge in [0.25, 0.3) is 0 Å². The Kier molecular flexibility index (Phi) is 5.03. The van der Waals surface area contributed by atoms with Crippen LogP contribution in [0, 0.1) is 0 Å². The molecule has 39 heavy (non-hydrogen) atoms. The number of aliphatic imine (C=N–C) groups is 1. The number of hydrogen-bond acceptors (Lipinski definition) is 2. The van der Waals surface area contributed by atoms with Gasteiger partial charge >= 0.3 is 0 Å². The molecule has 0 saturated heterocycles. The highest BCUT2D eigenvalue weighted by atomic mass is 14.9. The summed E-state index contributed by atoms with van der Waals surface area (Å²) >= 11 is 0. The van der Waals surface area contributed by atoms with Crippen LogP contribution >= 0.6 is 0 Å². The third-order valence-electron chi connectivity index (χ3n) is 8.63. The fourth-order valence-electron chi connectivity index (χ4n) is 6.84. The standard InChI is InChI=1S/C37H28N2/c1-3-15-31-29(13-1)30-14-2-4-16-32(30)37(31)35-19-7-17-33(38-35)27-11-5-9-25(23-27)21-22-26-10-6-12-28(24-26)34-18-8-20-36(37)39-34/h1-7,9-17,19-20,23-24H,8,18,21-22H2. The fourth-order valence-corrected chi connectivity index (χ4v) is 6.84. The Hall–Kier alpha value is -4.56. The van der Waals surface area contributed by atoms with E-state index in [1.165, 1.54) is 44.7 Å². The second-order valence-corrected chi connectivity index (χ2v) is 10.8. The van der Waals surface area contributed by atoms with Crippen LogP contribution in [0.4, 0.5) is 0 Å². The first kappa shape index (κ1) is 22.4. The molecule has 0 radical (unpaired) electrons. The van der Waals surface area contributed by atoms with Crippen LogP contribution in [0.15, 0.2) is 132 Å². The molecule has 0 amide bonds. The third kappa shape index (κ3) is 3.41. The smallest absolute Gasteiger partial charge is 0.105 e. The van der Waals surface area contributed by atoms with Crippen molar-refractivity contribution in [2.75, 3.05) is 0 Å². The van der Waals surface area contributed by atoms with Gasteiger partial charge in [-0.05, 0) is 88.9 Å². The largest absolute Gasteiger partial charge is 0.256 e. The average Bonchev–Trinajstić information content (AvgIpc) is 3.31. The summed E-state index contributed by atoms with van der Waals surface area (Å²) in [5.74, 6) is 0. The van der Waals surface area contributed by atoms with Gasteiger partial charge in [-0.15, -0.1) is 0 Å². The number of hydrogen-bond donors (Lipinski definition) is 0. The van der Waals surface area contributed by atoms with E-state index in [2.05, 4.69) is 121 Å². The van der Waals surface area contributed by atoms with Crippen LogP contribution in [0.1, 0.15) is 46.4 Å². The fraction of sp³-hybridized carbons (Fsp3) is 0.135. The Bertz CT molecular complexity index is 1780. The van der Waals surface area contributed by atoms with Gasteiger partial charge in [-0.3, -0.25) is 9.98 Å². The van der Waals surface area contributed by atoms with Gasteiger partial charge in [-0.2, -0.15) is 0 Å². The molecule has 3 heterocycles. The average molecular weight is 501 g/mol. The first-order valence-corrected chi connectivity index (χ1v) is 13.9. The molecular weight excluding hydrogens is 472 g/mol. The summed E-state index contributed by atoms with van der Waals surface area (Å²) in [6, 6.07) is 42.1. The minimum absolute atomic E-state index is 0.579. The lowest BCUT2D eigenvalue weighted by atomic mass is 9.71. The van der Waals surface area contributed by atoms with Crippen molar-refractivity contribution in [1.29, 1.82) is 0 Å². The molecule has 2 nitrogen and oxygen atoms in total. The second kappa shape index (κ2) is 8.74. The zero-order valence-corrected chi connectivity index (χ0v) is 21.8. The molecule has 8 rings (SSSR count). The molecule has 186 valence electrons. The lowest BCUT2D eigenvalue weighted by molar-refractivity contribution is 0.695. The molecule has 0 N–H and O–H groups in total. The van der Waals surface area contributed by atoms with Crippen molar-refractivity contribution in [2.45, 2.75) is 31.1 Å². The Morgan fingerprint density at radius 1 is 0.564 bits per heavy atom. The summed E-state index contributed by atoms with van der Waals surface area (Å²) in [5, 5.41) is 0. The van der Waals surface area contributed by atoms with Crippen LogP contribution in [-0.4, -0.2) is 10.7 Å². The maximum atomic E-state index is 5.52. The Morgan fingerprint density at radius 2 is 1.21 bits per heavy atom. The maximum Gasteiger partial charge on any atom is 0.105 e. The van der Waals surface area contributed by atoms with Crippen molar-refractivity contribution >= 4 is 5.71 Å². The van der Waals surface area contributed by atoms with Gasteiger partial charge in [0, 0.05) is 11.3 Å². The normalized spacial score (nSPS) is 16.3. The first-order valence-electron chi connectivity index (χ1n) is 13.9. The van der Waals surface area contributed by atoms with Gasteiger partial charge in [-0.1, -0.05) is 97.1 Å². The van der Waals surface area contributed by atoms with Gasteiger partial charge in [0.15, 0.2) is 0 Å². The predicted molar refractivity (Wildman–Crippen MR) is 159 cm³/mol. The zero-order valence-electron chi connectivity index (χ0n) is 21.8. The zero-order chi connectivity index (χ0) is 25.8. The quantitative estimate of drug-likeness (QED) is 0.210. The van der Waals surface area contributed by atoms with Crippen molar-refractivity contribution < 1.29 is 0 Å². The second-order valence-electron chi connectivity index (χ2n) is 10.8. The topological polar surface area (TPSA) is 25.2 Å². The summed E-state index contributed by atoms with van der Waals surface area (Å²) < 4.78 is 0. The van der Waals surface area contributed by atoms with Gasteiger partial charge in [-0.25, -0.2) is 0 Å². The van der Waals surface area contributed by atoms with E-state index in [4.69, 9.17) is 9.98 Å². The molecule has 0 saturated carbocycles. The van der Waals surface area contributed by atoms with E-state index in [-0.39, 0.29) is 0 Å². The minimum Gasteiger partial charge on any atom is -0.256 e. The van der Waals surface area contributed by atoms with E-state index >= 15 is 0 Å². The van der Waals surface area contributed by atoms with Gasteiger partial charge in [0.05, 0.1) is 17.1 Å².